The second-order valence-corrected chi connectivity index (χ2v) is 13.7. The van der Waals surface area contributed by atoms with Gasteiger partial charge in [0, 0.05) is 0 Å². The topological polar surface area (TPSA) is 0 Å². The Hall–Kier alpha value is -5.98. The van der Waals surface area contributed by atoms with Crippen LogP contribution in [-0.2, 0) is 6.42 Å². The maximum Gasteiger partial charge on any atom is -0.00879 e. The van der Waals surface area contributed by atoms with E-state index in [0.29, 0.717) is 0 Å². The SMILES string of the molecule is C/C=C\C.C=C/C=C\C(=C/C)c1cccc(/C(C=C)=C/C=C\C)c1.C=CCc1c(/C(C)=C/CCC)cccc1-c1ccc(C)cc1.CC.Cc1ccc2ccccc2c1. The minimum Gasteiger partial charge on any atom is -0.103 e. The van der Waals surface area contributed by atoms with E-state index in [4.69, 9.17) is 0 Å². The third-order valence-electron chi connectivity index (χ3n) is 9.23. The predicted octanol–water partition coefficient (Wildman–Crippen LogP) is 18.3. The summed E-state index contributed by atoms with van der Waals surface area (Å²) in [7, 11) is 0. The van der Waals surface area contributed by atoms with Gasteiger partial charge < -0.3 is 0 Å². The van der Waals surface area contributed by atoms with Gasteiger partial charge in [-0.15, -0.1) is 6.58 Å². The molecule has 308 valence electrons. The quantitative estimate of drug-likeness (QED) is 0.0874. The van der Waals surface area contributed by atoms with Gasteiger partial charge in [-0.2, -0.15) is 0 Å². The number of benzene rings is 5. The molecule has 0 aliphatic carbocycles. The van der Waals surface area contributed by atoms with Gasteiger partial charge in [-0.3, -0.25) is 0 Å². The van der Waals surface area contributed by atoms with Crippen LogP contribution in [0.2, 0.25) is 0 Å². The standard InChI is InChI=1S/C22H26.C20H22.C11H10.C4H8.C2H6/c1-5-7-10-18(4)20-11-8-12-21(22(20)9-6-2)19-15-13-17(3)14-16-19;1-5-9-12-17(7-3)19-14-11-15-20(16-19)18(8-4)13-10-6-2;1-9-6-7-10-4-2-3-5-11(10)8-9;1-3-4-2;1-2/h6,8,10-16H,2,5,7,9H2,1,3-4H3;5-16H,1,4H2,2-3H3;2-8H,1H3;3-4H,1-2H3;1-2H3/b18-10+;10-6-,12-9-,17-7+,18-13+;;4-3-;. The first kappa shape index (κ1) is 51.0. The summed E-state index contributed by atoms with van der Waals surface area (Å²) >= 11 is 0. The van der Waals surface area contributed by atoms with E-state index in [1.807, 2.05) is 84.1 Å². The maximum atomic E-state index is 3.95. The fourth-order valence-electron chi connectivity index (χ4n) is 5.99. The largest absolute Gasteiger partial charge is 0.103 e. The van der Waals surface area contributed by atoms with Crippen molar-refractivity contribution < 1.29 is 0 Å². The number of fused-ring (bicyclic) bond motifs is 1. The van der Waals surface area contributed by atoms with Gasteiger partial charge >= 0.3 is 0 Å². The summed E-state index contributed by atoms with van der Waals surface area (Å²) in [5.74, 6) is 0. The van der Waals surface area contributed by atoms with Crippen LogP contribution in [0.5, 0.6) is 0 Å². The first-order chi connectivity index (χ1) is 28.7. The molecule has 0 fully saturated rings. The predicted molar refractivity (Wildman–Crippen MR) is 272 cm³/mol. The van der Waals surface area contributed by atoms with E-state index in [-0.39, 0.29) is 0 Å². The molecule has 0 aliphatic rings. The lowest BCUT2D eigenvalue weighted by atomic mass is 9.90. The van der Waals surface area contributed by atoms with Gasteiger partial charge in [0.25, 0.3) is 0 Å². The van der Waals surface area contributed by atoms with Crippen molar-refractivity contribution in [3.05, 3.63) is 235 Å². The van der Waals surface area contributed by atoms with Gasteiger partial charge in [0.2, 0.25) is 0 Å². The molecule has 0 heterocycles. The molecule has 0 spiro atoms. The molecule has 0 heteroatoms. The van der Waals surface area contributed by atoms with E-state index < -0.39 is 0 Å². The smallest absolute Gasteiger partial charge is 0.00879 e. The molecule has 0 aliphatic heterocycles. The van der Waals surface area contributed by atoms with E-state index >= 15 is 0 Å². The Morgan fingerprint density at radius 2 is 1.25 bits per heavy atom. The van der Waals surface area contributed by atoms with Crippen LogP contribution in [0.4, 0.5) is 0 Å². The summed E-state index contributed by atoms with van der Waals surface area (Å²) in [6.07, 6.45) is 27.5. The zero-order valence-corrected chi connectivity index (χ0v) is 38.1. The molecule has 0 saturated heterocycles. The van der Waals surface area contributed by atoms with E-state index in [0.717, 1.165) is 18.4 Å². The summed E-state index contributed by atoms with van der Waals surface area (Å²) in [6.45, 7) is 32.3. The molecular weight excluding hydrogens is 709 g/mol. The molecular formula is C59H72. The summed E-state index contributed by atoms with van der Waals surface area (Å²) in [5.41, 5.74) is 14.0. The molecule has 0 atom stereocenters. The monoisotopic (exact) mass is 781 g/mol. The highest BCUT2D eigenvalue weighted by atomic mass is 14.1. The zero-order valence-electron chi connectivity index (χ0n) is 38.1. The Bertz CT molecular complexity index is 2170. The normalized spacial score (nSPS) is 11.4. The molecule has 0 N–H and O–H groups in total. The molecule has 0 unspecified atom stereocenters. The number of allylic oxidation sites excluding steroid dienone is 15. The van der Waals surface area contributed by atoms with Crippen LogP contribution in [0.15, 0.2) is 202 Å². The second kappa shape index (κ2) is 31.1. The highest BCUT2D eigenvalue weighted by Gasteiger charge is 2.10. The van der Waals surface area contributed by atoms with Gasteiger partial charge in [-0.25, -0.2) is 0 Å². The summed E-state index contributed by atoms with van der Waals surface area (Å²) in [5, 5.41) is 2.64. The zero-order chi connectivity index (χ0) is 43.8. The molecule has 0 nitrogen and oxygen atoms in total. The third-order valence-corrected chi connectivity index (χ3v) is 9.23. The third kappa shape index (κ3) is 18.4. The van der Waals surface area contributed by atoms with Crippen molar-refractivity contribution in [1.29, 1.82) is 0 Å². The molecule has 5 aromatic carbocycles. The van der Waals surface area contributed by atoms with Crippen LogP contribution in [0.25, 0.3) is 38.6 Å². The van der Waals surface area contributed by atoms with Crippen molar-refractivity contribution in [3.8, 4) is 11.1 Å². The van der Waals surface area contributed by atoms with Crippen molar-refractivity contribution in [1.82, 2.24) is 0 Å². The number of aryl methyl sites for hydroxylation is 2. The summed E-state index contributed by atoms with van der Waals surface area (Å²) in [4.78, 5) is 0. The Balaban J connectivity index is 0.000000430. The van der Waals surface area contributed by atoms with Crippen LogP contribution in [0, 0.1) is 13.8 Å². The second-order valence-electron chi connectivity index (χ2n) is 13.7. The van der Waals surface area contributed by atoms with Crippen LogP contribution in [0.3, 0.4) is 0 Å². The molecule has 0 saturated carbocycles. The number of hydrogen-bond acceptors (Lipinski definition) is 0. The average Bonchev–Trinajstić information content (AvgIpc) is 3.28. The maximum absolute atomic E-state index is 3.95. The van der Waals surface area contributed by atoms with Gasteiger partial charge in [0.1, 0.15) is 0 Å². The van der Waals surface area contributed by atoms with Crippen molar-refractivity contribution >= 4 is 27.5 Å². The Morgan fingerprint density at radius 3 is 1.83 bits per heavy atom. The minimum atomic E-state index is 0.899. The lowest BCUT2D eigenvalue weighted by molar-refractivity contribution is 0.959. The Morgan fingerprint density at radius 1 is 0.627 bits per heavy atom. The van der Waals surface area contributed by atoms with E-state index in [1.54, 1.807) is 6.08 Å². The first-order valence-electron chi connectivity index (χ1n) is 21.2. The molecule has 0 aromatic heterocycles. The van der Waals surface area contributed by atoms with Gasteiger partial charge in [0.15, 0.2) is 0 Å². The van der Waals surface area contributed by atoms with Gasteiger partial charge in [-0.05, 0) is 128 Å². The van der Waals surface area contributed by atoms with Crippen molar-refractivity contribution in [2.24, 2.45) is 0 Å². The molecule has 5 rings (SSSR count). The average molecular weight is 781 g/mol. The van der Waals surface area contributed by atoms with Crippen LogP contribution < -0.4 is 0 Å². The molecule has 59 heavy (non-hydrogen) atoms. The molecule has 0 radical (unpaired) electrons. The molecule has 5 aromatic rings. The molecule has 0 bridgehead atoms. The summed E-state index contributed by atoms with van der Waals surface area (Å²) < 4.78 is 0. The van der Waals surface area contributed by atoms with E-state index in [1.165, 1.54) is 72.8 Å². The Kier molecular flexibility index (Phi) is 26.9. The lowest BCUT2D eigenvalue weighted by Gasteiger charge is -2.15. The minimum absolute atomic E-state index is 0.899. The van der Waals surface area contributed by atoms with Crippen LogP contribution >= 0.6 is 0 Å². The van der Waals surface area contributed by atoms with Crippen molar-refractivity contribution in [2.45, 2.75) is 88.5 Å². The van der Waals surface area contributed by atoms with Crippen LogP contribution in [-0.4, -0.2) is 0 Å². The van der Waals surface area contributed by atoms with Gasteiger partial charge in [0.05, 0.1) is 0 Å². The van der Waals surface area contributed by atoms with E-state index in [9.17, 15) is 0 Å². The van der Waals surface area contributed by atoms with E-state index in [2.05, 4.69) is 181 Å². The number of rotatable bonds is 12. The van der Waals surface area contributed by atoms with Crippen molar-refractivity contribution in [2.75, 3.05) is 0 Å². The lowest BCUT2D eigenvalue weighted by Crippen LogP contribution is -1.95. The summed E-state index contributed by atoms with van der Waals surface area (Å²) in [6, 6.07) is 38.8. The van der Waals surface area contributed by atoms with Crippen molar-refractivity contribution in [3.63, 3.8) is 0 Å². The number of unbranched alkanes of at least 4 members (excludes halogenated alkanes) is 1. The van der Waals surface area contributed by atoms with Gasteiger partial charge in [-0.1, -0.05) is 228 Å². The fourth-order valence-corrected chi connectivity index (χ4v) is 5.99. The first-order valence-corrected chi connectivity index (χ1v) is 21.2. The molecule has 0 amide bonds. The highest BCUT2D eigenvalue weighted by molar-refractivity contribution is 5.83. The Labute approximate surface area is 360 Å². The number of hydrogen-bond donors (Lipinski definition) is 0. The van der Waals surface area contributed by atoms with Crippen LogP contribution in [0.1, 0.15) is 102 Å². The fraction of sp³-hybridized carbons (Fsp3) is 0.220. The highest BCUT2D eigenvalue weighted by Crippen LogP contribution is 2.31.